The molecule has 2 aromatic rings. The summed E-state index contributed by atoms with van der Waals surface area (Å²) in [6.07, 6.45) is 3.13. The molecule has 1 heterocycles. The molecule has 0 aliphatic rings. The van der Waals surface area contributed by atoms with Crippen molar-refractivity contribution >= 4 is 23.2 Å². The van der Waals surface area contributed by atoms with Crippen LogP contribution in [0.5, 0.6) is 5.75 Å². The summed E-state index contributed by atoms with van der Waals surface area (Å²) in [6, 6.07) is 6.40. The van der Waals surface area contributed by atoms with Crippen LogP contribution in [0.1, 0.15) is 15.9 Å². The lowest BCUT2D eigenvalue weighted by molar-refractivity contribution is 0.0996. The Morgan fingerprint density at radius 2 is 2.16 bits per heavy atom. The number of pyridine rings is 1. The second-order valence-electron chi connectivity index (χ2n) is 3.88. The summed E-state index contributed by atoms with van der Waals surface area (Å²) in [7, 11) is 0. The number of nitrogens with two attached hydrogens (primary N) is 2. The van der Waals surface area contributed by atoms with Gasteiger partial charge in [0.2, 0.25) is 0 Å². The maximum Gasteiger partial charge on any atom is 0.252 e. The highest BCUT2D eigenvalue weighted by molar-refractivity contribution is 6.31. The number of primary amides is 1. The molecule has 1 aromatic carbocycles. The number of nitrogens with zero attached hydrogens (tertiary/aromatic N) is 1. The van der Waals surface area contributed by atoms with Crippen molar-refractivity contribution < 1.29 is 9.53 Å². The first kappa shape index (κ1) is 13.2. The van der Waals surface area contributed by atoms with Gasteiger partial charge in [-0.25, -0.2) is 0 Å². The lowest BCUT2D eigenvalue weighted by Crippen LogP contribution is -2.13. The molecule has 2 rings (SSSR count). The van der Waals surface area contributed by atoms with Crippen LogP contribution < -0.4 is 16.2 Å². The number of hydrogen-bond donors (Lipinski definition) is 2. The predicted molar refractivity (Wildman–Crippen MR) is 73.0 cm³/mol. The number of benzene rings is 1. The van der Waals surface area contributed by atoms with Gasteiger partial charge in [0, 0.05) is 29.7 Å². The van der Waals surface area contributed by atoms with E-state index < -0.39 is 5.91 Å². The van der Waals surface area contributed by atoms with Gasteiger partial charge in [0.15, 0.2) is 0 Å². The number of hydrogen-bond acceptors (Lipinski definition) is 4. The molecule has 1 amide bonds. The number of amides is 1. The van der Waals surface area contributed by atoms with Gasteiger partial charge in [0.1, 0.15) is 12.4 Å². The summed E-state index contributed by atoms with van der Waals surface area (Å²) in [5.74, 6) is -0.240. The Morgan fingerprint density at radius 1 is 1.37 bits per heavy atom. The molecule has 0 unspecified atom stereocenters. The van der Waals surface area contributed by atoms with Crippen molar-refractivity contribution in [3.05, 3.63) is 52.8 Å². The maximum atomic E-state index is 11.3. The molecule has 5 nitrogen and oxygen atoms in total. The molecular weight excluding hydrogens is 266 g/mol. The second-order valence-corrected chi connectivity index (χ2v) is 4.28. The summed E-state index contributed by atoms with van der Waals surface area (Å²) in [5, 5.41) is 0.493. The molecule has 0 radical (unpaired) electrons. The molecule has 0 saturated carbocycles. The maximum absolute atomic E-state index is 11.3. The summed E-state index contributed by atoms with van der Waals surface area (Å²) in [5.41, 5.74) is 12.4. The van der Waals surface area contributed by atoms with Crippen LogP contribution in [0.4, 0.5) is 5.69 Å². The summed E-state index contributed by atoms with van der Waals surface area (Å²) in [4.78, 5) is 15.2. The Morgan fingerprint density at radius 3 is 2.84 bits per heavy atom. The van der Waals surface area contributed by atoms with E-state index in [1.807, 2.05) is 0 Å². The average molecular weight is 278 g/mol. The van der Waals surface area contributed by atoms with Crippen molar-refractivity contribution in [1.82, 2.24) is 4.98 Å². The molecular formula is C13H12ClN3O2. The van der Waals surface area contributed by atoms with Gasteiger partial charge in [0.25, 0.3) is 5.91 Å². The normalized spacial score (nSPS) is 10.2. The zero-order valence-electron chi connectivity index (χ0n) is 9.97. The highest BCUT2D eigenvalue weighted by Crippen LogP contribution is 2.23. The van der Waals surface area contributed by atoms with Crippen molar-refractivity contribution in [3.8, 4) is 5.75 Å². The molecule has 0 bridgehead atoms. The minimum absolute atomic E-state index is 0.199. The molecule has 98 valence electrons. The Hall–Kier alpha value is -2.27. The first-order valence-corrected chi connectivity index (χ1v) is 5.86. The minimum Gasteiger partial charge on any atom is -0.488 e. The van der Waals surface area contributed by atoms with E-state index in [1.165, 1.54) is 12.3 Å². The first-order chi connectivity index (χ1) is 9.08. The van der Waals surface area contributed by atoms with Crippen LogP contribution in [0.2, 0.25) is 5.02 Å². The third-order valence-corrected chi connectivity index (χ3v) is 2.85. The van der Waals surface area contributed by atoms with Gasteiger partial charge >= 0.3 is 0 Å². The molecule has 0 aliphatic carbocycles. The molecule has 4 N–H and O–H groups in total. The quantitative estimate of drug-likeness (QED) is 0.836. The second kappa shape index (κ2) is 5.58. The molecule has 6 heteroatoms. The number of carbonyl (C=O) groups is 1. The molecule has 0 fully saturated rings. The van der Waals surface area contributed by atoms with E-state index in [9.17, 15) is 4.79 Å². The van der Waals surface area contributed by atoms with Crippen LogP contribution in [0.25, 0.3) is 0 Å². The number of anilines is 1. The SMILES string of the molecule is NC(=O)c1ccc(N)cc1OCc1ccncc1Cl. The highest BCUT2D eigenvalue weighted by Gasteiger charge is 2.10. The number of nitrogen functional groups attached to an aromatic ring is 1. The molecule has 0 saturated heterocycles. The van der Waals surface area contributed by atoms with Crippen LogP contribution in [0, 0.1) is 0 Å². The van der Waals surface area contributed by atoms with E-state index in [-0.39, 0.29) is 12.2 Å². The van der Waals surface area contributed by atoms with E-state index in [4.69, 9.17) is 27.8 Å². The van der Waals surface area contributed by atoms with Gasteiger partial charge in [0.05, 0.1) is 10.6 Å². The van der Waals surface area contributed by atoms with E-state index in [0.717, 1.165) is 5.56 Å². The number of carbonyl (C=O) groups excluding carboxylic acids is 1. The van der Waals surface area contributed by atoms with E-state index >= 15 is 0 Å². The number of halogens is 1. The summed E-state index contributed by atoms with van der Waals surface area (Å²) < 4.78 is 5.55. The Labute approximate surface area is 115 Å². The van der Waals surface area contributed by atoms with Gasteiger partial charge < -0.3 is 16.2 Å². The average Bonchev–Trinajstić information content (AvgIpc) is 2.37. The summed E-state index contributed by atoms with van der Waals surface area (Å²) >= 11 is 5.97. The van der Waals surface area contributed by atoms with Gasteiger partial charge in [-0.2, -0.15) is 0 Å². The lowest BCUT2D eigenvalue weighted by Gasteiger charge is -2.11. The zero-order valence-corrected chi connectivity index (χ0v) is 10.7. The van der Waals surface area contributed by atoms with Gasteiger partial charge in [-0.05, 0) is 18.2 Å². The Bertz CT molecular complexity index is 617. The predicted octanol–water partition coefficient (Wildman–Crippen LogP) is 2.00. The smallest absolute Gasteiger partial charge is 0.252 e. The largest absolute Gasteiger partial charge is 0.488 e. The first-order valence-electron chi connectivity index (χ1n) is 5.48. The molecule has 0 aliphatic heterocycles. The molecule has 19 heavy (non-hydrogen) atoms. The highest BCUT2D eigenvalue weighted by atomic mass is 35.5. The number of ether oxygens (including phenoxy) is 1. The number of rotatable bonds is 4. The molecule has 0 atom stereocenters. The van der Waals surface area contributed by atoms with Crippen molar-refractivity contribution in [2.24, 2.45) is 5.73 Å². The molecule has 0 spiro atoms. The van der Waals surface area contributed by atoms with Gasteiger partial charge in [-0.3, -0.25) is 9.78 Å². The van der Waals surface area contributed by atoms with Crippen molar-refractivity contribution in [3.63, 3.8) is 0 Å². The Kier molecular flexibility index (Phi) is 3.87. The fraction of sp³-hybridized carbons (Fsp3) is 0.0769. The lowest BCUT2D eigenvalue weighted by atomic mass is 10.1. The zero-order chi connectivity index (χ0) is 13.8. The van der Waals surface area contributed by atoms with Crippen LogP contribution in [0.15, 0.2) is 36.7 Å². The third kappa shape index (κ3) is 3.14. The van der Waals surface area contributed by atoms with Crippen LogP contribution in [0.3, 0.4) is 0 Å². The van der Waals surface area contributed by atoms with Crippen LogP contribution >= 0.6 is 11.6 Å². The number of aromatic nitrogens is 1. The Balaban J connectivity index is 2.22. The molecule has 1 aromatic heterocycles. The van der Waals surface area contributed by atoms with E-state index in [0.29, 0.717) is 16.5 Å². The van der Waals surface area contributed by atoms with Crippen molar-refractivity contribution in [2.45, 2.75) is 6.61 Å². The van der Waals surface area contributed by atoms with Gasteiger partial charge in [-0.15, -0.1) is 0 Å². The topological polar surface area (TPSA) is 91.2 Å². The minimum atomic E-state index is -0.573. The van der Waals surface area contributed by atoms with E-state index in [2.05, 4.69) is 4.98 Å². The third-order valence-electron chi connectivity index (χ3n) is 2.51. The van der Waals surface area contributed by atoms with Crippen LogP contribution in [-0.4, -0.2) is 10.9 Å². The fourth-order valence-electron chi connectivity index (χ4n) is 1.54. The van der Waals surface area contributed by atoms with Crippen LogP contribution in [-0.2, 0) is 6.61 Å². The van der Waals surface area contributed by atoms with Gasteiger partial charge in [-0.1, -0.05) is 11.6 Å². The summed E-state index contributed by atoms with van der Waals surface area (Å²) in [6.45, 7) is 0.199. The monoisotopic (exact) mass is 277 g/mol. The van der Waals surface area contributed by atoms with Crippen molar-refractivity contribution in [1.29, 1.82) is 0 Å². The fourth-order valence-corrected chi connectivity index (χ4v) is 1.71. The van der Waals surface area contributed by atoms with E-state index in [1.54, 1.807) is 24.4 Å². The standard InChI is InChI=1S/C13H12ClN3O2/c14-11-6-17-4-3-8(11)7-19-12-5-9(15)1-2-10(12)13(16)18/h1-6H,7,15H2,(H2,16,18). The van der Waals surface area contributed by atoms with Crippen molar-refractivity contribution in [2.75, 3.05) is 5.73 Å².